The van der Waals surface area contributed by atoms with Crippen molar-refractivity contribution in [1.82, 2.24) is 8.96 Å². The van der Waals surface area contributed by atoms with Gasteiger partial charge in [0.1, 0.15) is 6.33 Å². The van der Waals surface area contributed by atoms with Crippen LogP contribution in [-0.2, 0) is 0 Å². The molecule has 0 unspecified atom stereocenters. The van der Waals surface area contributed by atoms with Crippen molar-refractivity contribution in [3.05, 3.63) is 30.6 Å². The molecule has 0 amide bonds. The molecule has 0 fully saturated rings. The van der Waals surface area contributed by atoms with Crippen molar-refractivity contribution in [3.8, 4) is 0 Å². The van der Waals surface area contributed by atoms with E-state index in [0.717, 1.165) is 11.0 Å². The summed E-state index contributed by atoms with van der Waals surface area (Å²) >= 11 is 4.16. The first-order chi connectivity index (χ1) is 4.88. The number of hydrogen-bond donors (Lipinski definition) is 1. The van der Waals surface area contributed by atoms with Crippen LogP contribution in [0.25, 0.3) is 11.0 Å². The maximum absolute atomic E-state index is 4.16. The van der Waals surface area contributed by atoms with Gasteiger partial charge < -0.3 is 0 Å². The second kappa shape index (κ2) is 3.63. The molecular weight excluding hydrogens is 167 g/mol. The molecule has 11 heavy (non-hydrogen) atoms. The Kier molecular flexibility index (Phi) is 3.01. The van der Waals surface area contributed by atoms with Crippen LogP contribution in [0.1, 0.15) is 0 Å². The zero-order chi connectivity index (χ0) is 6.97. The minimum Gasteiger partial charge on any atom is -0.275 e. The zero-order valence-electron chi connectivity index (χ0n) is 6.23. The Hall–Kier alpha value is 0.0400. The van der Waals surface area contributed by atoms with Crippen LogP contribution >= 0.6 is 12.8 Å². The summed E-state index contributed by atoms with van der Waals surface area (Å²) in [5.41, 5.74) is 2.03. The largest absolute Gasteiger partial charge is 1.00 e. The number of rotatable bonds is 0. The molecule has 50 valence electrons. The van der Waals surface area contributed by atoms with Gasteiger partial charge in [0.05, 0.1) is 11.0 Å². The van der Waals surface area contributed by atoms with Gasteiger partial charge >= 0.3 is 29.6 Å². The van der Waals surface area contributed by atoms with E-state index in [1.165, 1.54) is 0 Å². The van der Waals surface area contributed by atoms with E-state index in [1.54, 1.807) is 10.3 Å². The molecule has 0 aliphatic rings. The van der Waals surface area contributed by atoms with Crippen molar-refractivity contribution in [2.24, 2.45) is 0 Å². The molecule has 0 spiro atoms. The van der Waals surface area contributed by atoms with Crippen LogP contribution in [0, 0.1) is 0 Å². The van der Waals surface area contributed by atoms with E-state index in [1.807, 2.05) is 24.3 Å². The average molecular weight is 173 g/mol. The third kappa shape index (κ3) is 1.62. The molecule has 4 heteroatoms. The summed E-state index contributed by atoms with van der Waals surface area (Å²) in [6.07, 6.45) is 1.69. The fourth-order valence-electron chi connectivity index (χ4n) is 0.946. The fraction of sp³-hybridized carbons (Fsp3) is 0. The van der Waals surface area contributed by atoms with Crippen LogP contribution in [0.2, 0.25) is 0 Å². The molecule has 0 aliphatic heterocycles. The molecule has 0 N–H and O–H groups in total. The maximum atomic E-state index is 4.16. The van der Waals surface area contributed by atoms with E-state index in [2.05, 4.69) is 17.8 Å². The van der Waals surface area contributed by atoms with Gasteiger partial charge in [0.15, 0.2) is 0 Å². The van der Waals surface area contributed by atoms with E-state index in [-0.39, 0.29) is 29.6 Å². The van der Waals surface area contributed by atoms with E-state index in [9.17, 15) is 0 Å². The van der Waals surface area contributed by atoms with Gasteiger partial charge in [-0.25, -0.2) is 4.98 Å². The van der Waals surface area contributed by atoms with E-state index >= 15 is 0 Å². The summed E-state index contributed by atoms with van der Waals surface area (Å²) in [4.78, 5) is 4.10. The minimum atomic E-state index is 0. The van der Waals surface area contributed by atoms with Gasteiger partial charge in [-0.2, -0.15) is 0 Å². The van der Waals surface area contributed by atoms with E-state index < -0.39 is 0 Å². The van der Waals surface area contributed by atoms with Gasteiger partial charge in [0, 0.05) is 0 Å². The van der Waals surface area contributed by atoms with Crippen LogP contribution < -0.4 is 29.6 Å². The normalized spacial score (nSPS) is 9.55. The second-order valence-electron chi connectivity index (χ2n) is 2.08. The smallest absolute Gasteiger partial charge is 0.275 e. The number of hydrogen-bond acceptors (Lipinski definition) is 2. The van der Waals surface area contributed by atoms with Gasteiger partial charge in [0.2, 0.25) is 0 Å². The summed E-state index contributed by atoms with van der Waals surface area (Å²) in [6, 6.07) is 7.87. The van der Waals surface area contributed by atoms with Crippen molar-refractivity contribution in [1.29, 1.82) is 0 Å². The zero-order valence-corrected chi connectivity index (χ0v) is 9.12. The Morgan fingerprint density at radius 3 is 2.73 bits per heavy atom. The summed E-state index contributed by atoms with van der Waals surface area (Å²) in [6.45, 7) is 0. The first-order valence-electron chi connectivity index (χ1n) is 2.99. The molecule has 0 saturated carbocycles. The van der Waals surface area contributed by atoms with Crippen molar-refractivity contribution >= 4 is 23.8 Å². The molecule has 2 nitrogen and oxygen atoms in total. The van der Waals surface area contributed by atoms with Crippen LogP contribution in [0.4, 0.5) is 0 Å². The predicted molar refractivity (Wildman–Crippen MR) is 44.1 cm³/mol. The van der Waals surface area contributed by atoms with Crippen molar-refractivity contribution in [2.75, 3.05) is 0 Å². The topological polar surface area (TPSA) is 17.8 Å². The van der Waals surface area contributed by atoms with Crippen molar-refractivity contribution in [3.63, 3.8) is 0 Å². The molecule has 0 aliphatic carbocycles. The Morgan fingerprint density at radius 2 is 2.00 bits per heavy atom. The molecule has 1 heterocycles. The van der Waals surface area contributed by atoms with Gasteiger partial charge in [-0.1, -0.05) is 24.9 Å². The first kappa shape index (κ1) is 9.13. The fourth-order valence-corrected chi connectivity index (χ4v) is 1.17. The van der Waals surface area contributed by atoms with Crippen LogP contribution in [0.3, 0.4) is 0 Å². The molecule has 0 bridgehead atoms. The van der Waals surface area contributed by atoms with Crippen LogP contribution in [0.5, 0.6) is 0 Å². The Morgan fingerprint density at radius 1 is 1.27 bits per heavy atom. The van der Waals surface area contributed by atoms with E-state index in [4.69, 9.17) is 0 Å². The predicted octanol–water partition coefficient (Wildman–Crippen LogP) is -1.27. The summed E-state index contributed by atoms with van der Waals surface area (Å²) in [5.74, 6) is 0. The molecule has 2 aromatic rings. The minimum absolute atomic E-state index is 0. The molecule has 0 saturated heterocycles. The number of nitrogens with zero attached hydrogens (tertiary/aromatic N) is 2. The quantitative estimate of drug-likeness (QED) is 0.388. The third-order valence-electron chi connectivity index (χ3n) is 1.43. The van der Waals surface area contributed by atoms with Crippen molar-refractivity contribution < 1.29 is 29.6 Å². The maximum Gasteiger partial charge on any atom is 1.00 e. The molecule has 1 aromatic heterocycles. The number of fused-ring (bicyclic) bond motifs is 1. The van der Waals surface area contributed by atoms with Gasteiger partial charge in [0.25, 0.3) is 0 Å². The SMILES string of the molecule is Sn1cnc2ccccc21.[Na+]. The van der Waals surface area contributed by atoms with Crippen molar-refractivity contribution in [2.45, 2.75) is 0 Å². The molecular formula is C7H6N2NaS+. The summed E-state index contributed by atoms with van der Waals surface area (Å²) in [5, 5.41) is 0. The number of aromatic nitrogens is 2. The Labute approximate surface area is 92.5 Å². The molecule has 2 rings (SSSR count). The first-order valence-corrected chi connectivity index (χ1v) is 3.39. The van der Waals surface area contributed by atoms with Crippen LogP contribution in [-0.4, -0.2) is 8.96 Å². The standard InChI is InChI=1S/C7H6N2S.Na/c10-9-5-8-6-3-1-2-4-7(6)9;/h1-5,10H;/q;+1. The molecule has 0 radical (unpaired) electrons. The average Bonchev–Trinajstić information content (AvgIpc) is 2.34. The number of benzene rings is 1. The number of imidazole rings is 1. The summed E-state index contributed by atoms with van der Waals surface area (Å²) in [7, 11) is 0. The monoisotopic (exact) mass is 173 g/mol. The second-order valence-corrected chi connectivity index (χ2v) is 2.51. The number of thiol groups is 1. The molecule has 0 atom stereocenters. The van der Waals surface area contributed by atoms with Gasteiger partial charge in [-0.15, -0.1) is 0 Å². The Bertz CT molecular complexity index is 358. The third-order valence-corrected chi connectivity index (χ3v) is 1.75. The number of para-hydroxylation sites is 2. The Balaban J connectivity index is 0.000000605. The van der Waals surface area contributed by atoms with Gasteiger partial charge in [-0.3, -0.25) is 3.97 Å². The van der Waals surface area contributed by atoms with Gasteiger partial charge in [-0.05, 0) is 12.1 Å². The van der Waals surface area contributed by atoms with E-state index in [0.29, 0.717) is 0 Å². The summed E-state index contributed by atoms with van der Waals surface area (Å²) < 4.78 is 1.70. The molecule has 1 aromatic carbocycles. The van der Waals surface area contributed by atoms with Crippen LogP contribution in [0.15, 0.2) is 30.6 Å².